The van der Waals surface area contributed by atoms with Crippen molar-refractivity contribution in [2.75, 3.05) is 26.3 Å². The molecule has 0 bridgehead atoms. The number of halogens is 1. The van der Waals surface area contributed by atoms with E-state index < -0.39 is 27.6 Å². The number of aliphatic hydroxyl groups excluding tert-OH is 2. The predicted octanol–water partition coefficient (Wildman–Crippen LogP) is 5.06. The number of carbonyl (C=O) groups excluding carboxylic acids is 1. The molecule has 0 aliphatic heterocycles. The first kappa shape index (κ1) is 30.4. The van der Waals surface area contributed by atoms with E-state index in [0.29, 0.717) is 22.8 Å². The van der Waals surface area contributed by atoms with Crippen LogP contribution in [-0.2, 0) is 21.0 Å². The van der Waals surface area contributed by atoms with E-state index >= 15 is 0 Å². The molecule has 1 atom stereocenters. The molecule has 2 N–H and O–H groups in total. The summed E-state index contributed by atoms with van der Waals surface area (Å²) in [5, 5.41) is 20.1. The van der Waals surface area contributed by atoms with Crippen LogP contribution >= 0.6 is 11.6 Å². The lowest BCUT2D eigenvalue weighted by Crippen LogP contribution is -2.40. The average molecular weight is 576 g/mol. The van der Waals surface area contributed by atoms with E-state index in [2.05, 4.69) is 0 Å². The van der Waals surface area contributed by atoms with Gasteiger partial charge in [0.1, 0.15) is 18.0 Å². The third-order valence-electron chi connectivity index (χ3n) is 5.68. The summed E-state index contributed by atoms with van der Waals surface area (Å²) in [7, 11) is -3.74. The van der Waals surface area contributed by atoms with Gasteiger partial charge in [-0.2, -0.15) is 0 Å². The number of hydrogen-bond donors (Lipinski definition) is 2. The van der Waals surface area contributed by atoms with Gasteiger partial charge in [0.15, 0.2) is 0 Å². The van der Waals surface area contributed by atoms with Crippen LogP contribution in [0.1, 0.15) is 38.0 Å². The monoisotopic (exact) mass is 575 g/mol. The van der Waals surface area contributed by atoms with Gasteiger partial charge < -0.3 is 24.6 Å². The van der Waals surface area contributed by atoms with E-state index in [4.69, 9.17) is 26.2 Å². The van der Waals surface area contributed by atoms with Crippen molar-refractivity contribution in [2.45, 2.75) is 48.7 Å². The smallest absolute Gasteiger partial charge is 0.410 e. The highest BCUT2D eigenvalue weighted by Gasteiger charge is 2.25. The molecule has 210 valence electrons. The van der Waals surface area contributed by atoms with Crippen molar-refractivity contribution in [2.24, 2.45) is 0 Å². The van der Waals surface area contributed by atoms with E-state index in [-0.39, 0.29) is 36.1 Å². The summed E-state index contributed by atoms with van der Waals surface area (Å²) in [6.07, 6.45) is -1.11. The highest BCUT2D eigenvalue weighted by molar-refractivity contribution is 7.91. The van der Waals surface area contributed by atoms with Gasteiger partial charge in [-0.3, -0.25) is 0 Å². The molecule has 0 aromatic heterocycles. The minimum atomic E-state index is -3.74. The Morgan fingerprint density at radius 1 is 1.00 bits per heavy atom. The number of rotatable bonds is 11. The number of hydrogen-bond acceptors (Lipinski definition) is 7. The summed E-state index contributed by atoms with van der Waals surface area (Å²) in [5.74, 6) is 0.466. The molecule has 3 aromatic rings. The molecule has 0 saturated carbocycles. The van der Waals surface area contributed by atoms with Crippen LogP contribution in [0.5, 0.6) is 5.75 Å². The molecule has 0 radical (unpaired) electrons. The molecule has 10 heteroatoms. The molecule has 0 spiro atoms. The van der Waals surface area contributed by atoms with Crippen molar-refractivity contribution in [1.82, 2.24) is 4.90 Å². The van der Waals surface area contributed by atoms with Gasteiger partial charge in [-0.05, 0) is 86.8 Å². The van der Waals surface area contributed by atoms with Crippen molar-refractivity contribution in [3.63, 3.8) is 0 Å². The summed E-state index contributed by atoms with van der Waals surface area (Å²) >= 11 is 6.05. The fraction of sp³-hybridized carbons (Fsp3) is 0.345. The van der Waals surface area contributed by atoms with Crippen LogP contribution in [0.25, 0.3) is 0 Å². The lowest BCUT2D eigenvalue weighted by atomic mass is 10.1. The Kier molecular flexibility index (Phi) is 10.4. The maximum atomic E-state index is 13.1. The molecule has 1 amide bonds. The lowest BCUT2D eigenvalue weighted by molar-refractivity contribution is 0.0147. The Morgan fingerprint density at radius 2 is 1.62 bits per heavy atom. The largest absolute Gasteiger partial charge is 0.491 e. The lowest BCUT2D eigenvalue weighted by Gasteiger charge is -2.29. The van der Waals surface area contributed by atoms with Crippen LogP contribution in [0, 0.1) is 0 Å². The van der Waals surface area contributed by atoms with Crippen LogP contribution < -0.4 is 4.74 Å². The first-order valence-electron chi connectivity index (χ1n) is 12.5. The van der Waals surface area contributed by atoms with Crippen LogP contribution in [0.3, 0.4) is 0 Å². The number of ether oxygens (including phenoxy) is 2. The Hall–Kier alpha value is -3.11. The van der Waals surface area contributed by atoms with E-state index in [0.717, 1.165) is 5.56 Å². The molecule has 0 heterocycles. The van der Waals surface area contributed by atoms with Gasteiger partial charge in [-0.25, -0.2) is 13.2 Å². The van der Waals surface area contributed by atoms with Gasteiger partial charge >= 0.3 is 6.09 Å². The third-order valence-corrected chi connectivity index (χ3v) is 7.70. The zero-order valence-corrected chi connectivity index (χ0v) is 23.8. The molecular weight excluding hydrogens is 542 g/mol. The Balaban J connectivity index is 1.71. The number of aliphatic hydroxyl groups is 2. The molecule has 0 saturated heterocycles. The fourth-order valence-electron chi connectivity index (χ4n) is 3.73. The predicted molar refractivity (Wildman–Crippen MR) is 149 cm³/mol. The van der Waals surface area contributed by atoms with Crippen molar-refractivity contribution in [3.05, 3.63) is 88.9 Å². The normalized spacial score (nSPS) is 12.6. The molecule has 8 nitrogen and oxygen atoms in total. The Bertz CT molecular complexity index is 1340. The van der Waals surface area contributed by atoms with Crippen LogP contribution in [-0.4, -0.2) is 61.5 Å². The summed E-state index contributed by atoms with van der Waals surface area (Å²) in [6, 6.07) is 19.3. The van der Waals surface area contributed by atoms with E-state index in [1.807, 2.05) is 0 Å². The minimum Gasteiger partial charge on any atom is -0.491 e. The van der Waals surface area contributed by atoms with Crippen LogP contribution in [0.4, 0.5) is 4.79 Å². The Morgan fingerprint density at radius 3 is 2.18 bits per heavy atom. The van der Waals surface area contributed by atoms with Gasteiger partial charge in [-0.1, -0.05) is 35.9 Å². The van der Waals surface area contributed by atoms with Gasteiger partial charge in [0.2, 0.25) is 9.84 Å². The average Bonchev–Trinajstić information content (AvgIpc) is 2.89. The highest BCUT2D eigenvalue weighted by atomic mass is 35.5. The quantitative estimate of drug-likeness (QED) is 0.329. The van der Waals surface area contributed by atoms with Crippen molar-refractivity contribution in [3.8, 4) is 5.75 Å². The second-order valence-corrected chi connectivity index (χ2v) is 12.3. The first-order chi connectivity index (χ1) is 18.4. The molecule has 0 fully saturated rings. The Labute approximate surface area is 234 Å². The number of carbonyl (C=O) groups is 1. The molecule has 39 heavy (non-hydrogen) atoms. The zero-order valence-electron chi connectivity index (χ0n) is 22.2. The van der Waals surface area contributed by atoms with Crippen LogP contribution in [0.15, 0.2) is 82.6 Å². The van der Waals surface area contributed by atoms with Crippen molar-refractivity contribution >= 4 is 27.5 Å². The van der Waals surface area contributed by atoms with Gasteiger partial charge in [0, 0.05) is 11.6 Å². The molecule has 3 rings (SSSR count). The zero-order chi connectivity index (χ0) is 28.6. The van der Waals surface area contributed by atoms with E-state index in [9.17, 15) is 18.3 Å². The SMILES string of the molecule is CC(C)(C)OC(=O)N(CCc1ccc(S(=O)(=O)c2ccc(OCCO)cc2)cc1)CC(O)c1cccc(Cl)c1. The molecule has 3 aromatic carbocycles. The number of amides is 1. The fourth-order valence-corrected chi connectivity index (χ4v) is 5.19. The van der Waals surface area contributed by atoms with Gasteiger partial charge in [0.25, 0.3) is 0 Å². The summed E-state index contributed by atoms with van der Waals surface area (Å²) in [6.45, 7) is 5.54. The summed E-state index contributed by atoms with van der Waals surface area (Å²) in [4.78, 5) is 14.6. The van der Waals surface area contributed by atoms with E-state index in [1.54, 1.807) is 69.3 Å². The van der Waals surface area contributed by atoms with Gasteiger partial charge in [-0.15, -0.1) is 0 Å². The number of nitrogens with zero attached hydrogens (tertiary/aromatic N) is 1. The highest BCUT2D eigenvalue weighted by Crippen LogP contribution is 2.24. The number of sulfone groups is 1. The maximum absolute atomic E-state index is 13.1. The second-order valence-electron chi connectivity index (χ2n) is 9.94. The van der Waals surface area contributed by atoms with Crippen molar-refractivity contribution < 1.29 is 32.9 Å². The number of benzene rings is 3. The van der Waals surface area contributed by atoms with Crippen LogP contribution in [0.2, 0.25) is 5.02 Å². The molecule has 0 aliphatic carbocycles. The molecule has 0 aliphatic rings. The standard InChI is InChI=1S/C29H34ClNO7S/c1-29(2,3)38-28(34)31(20-27(33)22-5-4-6-23(30)19-22)16-15-21-7-11-25(12-8-21)39(35,36)26-13-9-24(10-14-26)37-18-17-32/h4-14,19,27,32-33H,15-18,20H2,1-3H3. The topological polar surface area (TPSA) is 113 Å². The van der Waals surface area contributed by atoms with E-state index in [1.165, 1.54) is 29.2 Å². The molecular formula is C29H34ClNO7S. The minimum absolute atomic E-state index is 0.000265. The second kappa shape index (κ2) is 13.3. The molecule has 1 unspecified atom stereocenters. The summed E-state index contributed by atoms with van der Waals surface area (Å²) in [5.41, 5.74) is 0.682. The first-order valence-corrected chi connectivity index (χ1v) is 14.3. The maximum Gasteiger partial charge on any atom is 0.410 e. The van der Waals surface area contributed by atoms with Gasteiger partial charge in [0.05, 0.1) is 29.0 Å². The third kappa shape index (κ3) is 8.96. The summed E-state index contributed by atoms with van der Waals surface area (Å²) < 4.78 is 36.9. The van der Waals surface area contributed by atoms with Crippen molar-refractivity contribution in [1.29, 1.82) is 0 Å².